The first kappa shape index (κ1) is 17.8. The fourth-order valence-electron chi connectivity index (χ4n) is 3.00. The van der Waals surface area contributed by atoms with Gasteiger partial charge in [0.2, 0.25) is 5.91 Å². The van der Waals surface area contributed by atoms with Gasteiger partial charge in [0.25, 0.3) is 0 Å². The molecule has 1 aromatic carbocycles. The highest BCUT2D eigenvalue weighted by Gasteiger charge is 2.30. The molecule has 1 aromatic rings. The third kappa shape index (κ3) is 6.20. The molecule has 1 atom stereocenters. The van der Waals surface area contributed by atoms with Gasteiger partial charge in [-0.2, -0.15) is 13.2 Å². The molecule has 0 N–H and O–H groups in total. The Balaban J connectivity index is 1.80. The van der Waals surface area contributed by atoms with Gasteiger partial charge in [-0.15, -0.1) is 0 Å². The minimum absolute atomic E-state index is 0.266. The average molecular weight is 331 g/mol. The van der Waals surface area contributed by atoms with Gasteiger partial charge in [-0.1, -0.05) is 12.1 Å². The first-order valence-electron chi connectivity index (χ1n) is 7.92. The van der Waals surface area contributed by atoms with Crippen LogP contribution in [0.2, 0.25) is 0 Å². The van der Waals surface area contributed by atoms with Gasteiger partial charge in [0.1, 0.15) is 5.82 Å². The fourth-order valence-corrected chi connectivity index (χ4v) is 3.00. The lowest BCUT2D eigenvalue weighted by molar-refractivity contribution is -0.150. The van der Waals surface area contributed by atoms with Crippen molar-refractivity contribution < 1.29 is 22.4 Å². The van der Waals surface area contributed by atoms with Gasteiger partial charge >= 0.3 is 6.18 Å². The van der Waals surface area contributed by atoms with E-state index in [9.17, 15) is 22.4 Å². The molecule has 6 heteroatoms. The molecule has 1 aliphatic rings. The fraction of sp³-hybridized carbons (Fsp3) is 0.588. The molecule has 2 nitrogen and oxygen atoms in total. The lowest BCUT2D eigenvalue weighted by Crippen LogP contribution is -2.40. The van der Waals surface area contributed by atoms with Crippen molar-refractivity contribution in [2.75, 3.05) is 13.1 Å². The summed E-state index contributed by atoms with van der Waals surface area (Å²) in [6.07, 6.45) is -2.53. The highest BCUT2D eigenvalue weighted by molar-refractivity contribution is 5.76. The lowest BCUT2D eigenvalue weighted by Gasteiger charge is -2.33. The molecule has 1 saturated heterocycles. The summed E-state index contributed by atoms with van der Waals surface area (Å²) >= 11 is 0. The Morgan fingerprint density at radius 3 is 2.78 bits per heavy atom. The zero-order valence-electron chi connectivity index (χ0n) is 12.9. The molecule has 0 bridgehead atoms. The minimum Gasteiger partial charge on any atom is -0.342 e. The van der Waals surface area contributed by atoms with E-state index < -0.39 is 24.9 Å². The zero-order chi connectivity index (χ0) is 16.9. The van der Waals surface area contributed by atoms with Crippen LogP contribution in [0.3, 0.4) is 0 Å². The van der Waals surface area contributed by atoms with Crippen LogP contribution >= 0.6 is 0 Å². The first-order valence-corrected chi connectivity index (χ1v) is 7.92. The van der Waals surface area contributed by atoms with Crippen molar-refractivity contribution in [1.82, 2.24) is 4.90 Å². The monoisotopic (exact) mass is 331 g/mol. The maximum absolute atomic E-state index is 13.1. The number of rotatable bonds is 5. The number of alkyl halides is 3. The van der Waals surface area contributed by atoms with Crippen LogP contribution in [0.15, 0.2) is 24.3 Å². The van der Waals surface area contributed by atoms with Crippen molar-refractivity contribution in [1.29, 1.82) is 0 Å². The number of aryl methyl sites for hydroxylation is 1. The normalized spacial score (nSPS) is 19.0. The van der Waals surface area contributed by atoms with Crippen LogP contribution in [0.4, 0.5) is 17.6 Å². The summed E-state index contributed by atoms with van der Waals surface area (Å²) in [5.41, 5.74) is 0.908. The van der Waals surface area contributed by atoms with Crippen molar-refractivity contribution in [3.8, 4) is 0 Å². The molecule has 2 rings (SSSR count). The van der Waals surface area contributed by atoms with E-state index in [1.54, 1.807) is 11.0 Å². The zero-order valence-corrected chi connectivity index (χ0v) is 12.9. The van der Waals surface area contributed by atoms with Crippen molar-refractivity contribution in [2.45, 2.75) is 44.7 Å². The van der Waals surface area contributed by atoms with Crippen molar-refractivity contribution >= 4 is 5.91 Å². The first-order chi connectivity index (χ1) is 10.8. The van der Waals surface area contributed by atoms with Crippen molar-refractivity contribution in [2.24, 2.45) is 5.92 Å². The van der Waals surface area contributed by atoms with E-state index in [1.165, 1.54) is 12.1 Å². The molecule has 1 fully saturated rings. The molecule has 0 saturated carbocycles. The molecule has 128 valence electrons. The van der Waals surface area contributed by atoms with E-state index in [-0.39, 0.29) is 11.7 Å². The van der Waals surface area contributed by atoms with E-state index in [2.05, 4.69) is 0 Å². The molecule has 1 amide bonds. The second kappa shape index (κ2) is 7.79. The van der Waals surface area contributed by atoms with Gasteiger partial charge < -0.3 is 4.90 Å². The molecular formula is C17H21F4NO. The van der Waals surface area contributed by atoms with Gasteiger partial charge in [0.15, 0.2) is 0 Å². The number of benzene rings is 1. The Morgan fingerprint density at radius 2 is 2.09 bits per heavy atom. The summed E-state index contributed by atoms with van der Waals surface area (Å²) < 4.78 is 49.7. The lowest BCUT2D eigenvalue weighted by atomic mass is 9.91. The molecule has 1 unspecified atom stereocenters. The van der Waals surface area contributed by atoms with E-state index in [0.29, 0.717) is 19.5 Å². The van der Waals surface area contributed by atoms with E-state index in [1.807, 2.05) is 6.07 Å². The van der Waals surface area contributed by atoms with Crippen LogP contribution in [0.25, 0.3) is 0 Å². The number of carbonyl (C=O) groups is 1. The van der Waals surface area contributed by atoms with Crippen LogP contribution in [0, 0.1) is 11.7 Å². The largest absolute Gasteiger partial charge is 0.389 e. The highest BCUT2D eigenvalue weighted by atomic mass is 19.4. The molecule has 23 heavy (non-hydrogen) atoms. The van der Waals surface area contributed by atoms with Gasteiger partial charge in [-0.25, -0.2) is 4.39 Å². The Hall–Kier alpha value is -1.59. The second-order valence-electron chi connectivity index (χ2n) is 6.13. The number of hydrogen-bond donors (Lipinski definition) is 0. The van der Waals surface area contributed by atoms with Crippen LogP contribution in [-0.2, 0) is 11.2 Å². The Kier molecular flexibility index (Phi) is 6.02. The van der Waals surface area contributed by atoms with Gasteiger partial charge in [-0.05, 0) is 49.3 Å². The highest BCUT2D eigenvalue weighted by Crippen LogP contribution is 2.25. The molecule has 0 spiro atoms. The summed E-state index contributed by atoms with van der Waals surface area (Å²) in [6, 6.07) is 6.41. The molecule has 1 aliphatic heterocycles. The SMILES string of the molecule is O=C(CCC(F)(F)F)N1CCCC(CCc2cccc(F)c2)C1. The third-order valence-corrected chi connectivity index (χ3v) is 4.22. The summed E-state index contributed by atoms with van der Waals surface area (Å²) in [5, 5.41) is 0. The molecule has 0 aliphatic carbocycles. The number of hydrogen-bond acceptors (Lipinski definition) is 1. The summed E-state index contributed by atoms with van der Waals surface area (Å²) in [4.78, 5) is 13.4. The van der Waals surface area contributed by atoms with E-state index >= 15 is 0 Å². The summed E-state index contributed by atoms with van der Waals surface area (Å²) in [7, 11) is 0. The predicted octanol–water partition coefficient (Wildman–Crippen LogP) is 4.34. The average Bonchev–Trinajstić information content (AvgIpc) is 2.50. The van der Waals surface area contributed by atoms with Gasteiger partial charge in [0.05, 0.1) is 6.42 Å². The Bertz CT molecular complexity index is 530. The molecule has 0 radical (unpaired) electrons. The Morgan fingerprint density at radius 1 is 1.30 bits per heavy atom. The van der Waals surface area contributed by atoms with Gasteiger partial charge in [-0.3, -0.25) is 4.79 Å². The predicted molar refractivity (Wildman–Crippen MR) is 79.3 cm³/mol. The van der Waals surface area contributed by atoms with E-state index in [0.717, 1.165) is 24.8 Å². The minimum atomic E-state index is -4.29. The smallest absolute Gasteiger partial charge is 0.342 e. The maximum Gasteiger partial charge on any atom is 0.389 e. The maximum atomic E-state index is 13.1. The van der Waals surface area contributed by atoms with Crippen LogP contribution in [0.1, 0.15) is 37.7 Å². The van der Waals surface area contributed by atoms with Gasteiger partial charge in [0, 0.05) is 19.5 Å². The number of amides is 1. The van der Waals surface area contributed by atoms with Crippen LogP contribution < -0.4 is 0 Å². The van der Waals surface area contributed by atoms with Crippen molar-refractivity contribution in [3.63, 3.8) is 0 Å². The standard InChI is InChI=1S/C17H21F4NO/c18-15-5-1-3-13(11-15)6-7-14-4-2-10-22(12-14)16(23)8-9-17(19,20)21/h1,3,5,11,14H,2,4,6-10,12H2. The number of piperidine rings is 1. The molecule has 1 heterocycles. The number of nitrogens with zero attached hydrogens (tertiary/aromatic N) is 1. The quantitative estimate of drug-likeness (QED) is 0.735. The topological polar surface area (TPSA) is 20.3 Å². The summed E-state index contributed by atoms with van der Waals surface area (Å²) in [5.74, 6) is -0.422. The molecular weight excluding hydrogens is 310 g/mol. The van der Waals surface area contributed by atoms with E-state index in [4.69, 9.17) is 0 Å². The molecule has 0 aromatic heterocycles. The number of likely N-dealkylation sites (tertiary alicyclic amines) is 1. The third-order valence-electron chi connectivity index (χ3n) is 4.22. The van der Waals surface area contributed by atoms with Crippen LogP contribution in [0.5, 0.6) is 0 Å². The second-order valence-corrected chi connectivity index (χ2v) is 6.13. The van der Waals surface area contributed by atoms with Crippen LogP contribution in [-0.4, -0.2) is 30.1 Å². The number of halogens is 4. The summed E-state index contributed by atoms with van der Waals surface area (Å²) in [6.45, 7) is 1.04. The Labute approximate surface area is 133 Å². The number of carbonyl (C=O) groups excluding carboxylic acids is 1. The van der Waals surface area contributed by atoms with Crippen molar-refractivity contribution in [3.05, 3.63) is 35.6 Å².